The van der Waals surface area contributed by atoms with Crippen LogP contribution in [0.15, 0.2) is 42.6 Å². The average Bonchev–Trinajstić information content (AvgIpc) is 2.91. The molecule has 160 valence electrons. The topological polar surface area (TPSA) is 45.7 Å². The van der Waals surface area contributed by atoms with Crippen LogP contribution in [0.25, 0.3) is 10.9 Å². The van der Waals surface area contributed by atoms with Gasteiger partial charge in [0.25, 0.3) is 0 Å². The maximum absolute atomic E-state index is 14.7. The first-order chi connectivity index (χ1) is 14.7. The highest BCUT2D eigenvalue weighted by molar-refractivity contribution is 7.81. The molecule has 1 aliphatic heterocycles. The molecule has 0 radical (unpaired) electrons. The zero-order valence-corrected chi connectivity index (χ0v) is 17.8. The number of fused-ring (bicyclic) bond motifs is 1. The van der Waals surface area contributed by atoms with Gasteiger partial charge in [0.15, 0.2) is 17.4 Å². The molecule has 2 aromatic carbocycles. The number of ether oxygens (including phenoxy) is 1. The molecule has 9 heteroatoms. The van der Waals surface area contributed by atoms with E-state index in [1.54, 1.807) is 26.1 Å². The maximum atomic E-state index is 14.7. The lowest BCUT2D eigenvalue weighted by Gasteiger charge is -2.29. The molecule has 0 aliphatic carbocycles. The molecule has 3 aromatic rings. The second-order valence-corrected chi connectivity index (χ2v) is 7.98. The summed E-state index contributed by atoms with van der Waals surface area (Å²) in [5.74, 6) is -4.94. The van der Waals surface area contributed by atoms with Crippen molar-refractivity contribution in [1.29, 1.82) is 0 Å². The minimum Gasteiger partial charge on any atom is -0.491 e. The zero-order chi connectivity index (χ0) is 22.5. The summed E-state index contributed by atoms with van der Waals surface area (Å²) >= 11 is 5.44. The van der Waals surface area contributed by atoms with Crippen LogP contribution in [0.1, 0.15) is 19.4 Å². The highest BCUT2D eigenvalue weighted by atomic mass is 32.1. The number of para-hydroxylation sites is 1. The smallest absolute Gasteiger partial charge is 0.330 e. The van der Waals surface area contributed by atoms with Crippen LogP contribution >= 0.6 is 12.2 Å². The summed E-state index contributed by atoms with van der Waals surface area (Å²) in [6.45, 7) is 3.55. The molecule has 4 rings (SSSR count). The SMILES string of the molecule is COc1c(F)cc(N2C(=O)N(Cc3ccnc4ccccc34)C(C)(C)C2=S)c(F)c1F. The number of hydrogen-bond acceptors (Lipinski definition) is 4. The summed E-state index contributed by atoms with van der Waals surface area (Å²) in [5, 5.41) is 0.852. The van der Waals surface area contributed by atoms with E-state index in [0.717, 1.165) is 28.5 Å². The summed E-state index contributed by atoms with van der Waals surface area (Å²) in [6, 6.07) is 9.27. The Morgan fingerprint density at radius 3 is 2.55 bits per heavy atom. The number of halogens is 3. The van der Waals surface area contributed by atoms with Crippen LogP contribution in [0, 0.1) is 17.5 Å². The lowest BCUT2D eigenvalue weighted by molar-refractivity contribution is 0.185. The van der Waals surface area contributed by atoms with E-state index in [1.807, 2.05) is 24.3 Å². The van der Waals surface area contributed by atoms with E-state index in [9.17, 15) is 18.0 Å². The van der Waals surface area contributed by atoms with Gasteiger partial charge in [-0.15, -0.1) is 0 Å². The zero-order valence-electron chi connectivity index (χ0n) is 16.9. The number of hydrogen-bond donors (Lipinski definition) is 0. The summed E-state index contributed by atoms with van der Waals surface area (Å²) in [6.07, 6.45) is 1.63. The van der Waals surface area contributed by atoms with Gasteiger partial charge in [-0.2, -0.15) is 4.39 Å². The number of carbonyl (C=O) groups excluding carboxylic acids is 1. The van der Waals surface area contributed by atoms with Gasteiger partial charge in [-0.25, -0.2) is 13.6 Å². The molecule has 1 aromatic heterocycles. The third-order valence-electron chi connectivity index (χ3n) is 5.43. The molecule has 1 saturated heterocycles. The van der Waals surface area contributed by atoms with Crippen LogP contribution in [0.2, 0.25) is 0 Å². The van der Waals surface area contributed by atoms with Crippen molar-refractivity contribution >= 4 is 39.8 Å². The van der Waals surface area contributed by atoms with E-state index < -0.39 is 40.5 Å². The number of carbonyl (C=O) groups is 1. The number of aromatic nitrogens is 1. The summed E-state index contributed by atoms with van der Waals surface area (Å²) < 4.78 is 47.9. The van der Waals surface area contributed by atoms with Crippen molar-refractivity contribution in [3.63, 3.8) is 0 Å². The second kappa shape index (κ2) is 7.49. The van der Waals surface area contributed by atoms with Gasteiger partial charge in [0.2, 0.25) is 5.82 Å². The van der Waals surface area contributed by atoms with Crippen molar-refractivity contribution in [2.75, 3.05) is 12.0 Å². The number of anilines is 1. The van der Waals surface area contributed by atoms with Gasteiger partial charge in [-0.05, 0) is 31.5 Å². The normalized spacial score (nSPS) is 15.8. The van der Waals surface area contributed by atoms with E-state index in [-0.39, 0.29) is 11.5 Å². The summed E-state index contributed by atoms with van der Waals surface area (Å²) in [7, 11) is 1.02. The molecule has 0 spiro atoms. The van der Waals surface area contributed by atoms with Crippen LogP contribution in [0.3, 0.4) is 0 Å². The largest absolute Gasteiger partial charge is 0.491 e. The number of pyridine rings is 1. The standard InChI is InChI=1S/C22H18F3N3O2S/c1-22(2)20(31)28(16-10-14(23)19(30-3)18(25)17(16)24)21(29)27(22)11-12-8-9-26-15-7-5-4-6-13(12)15/h4-10H,11H2,1-3H3. The molecule has 0 saturated carbocycles. The van der Waals surface area contributed by atoms with E-state index in [1.165, 1.54) is 4.90 Å². The fourth-order valence-electron chi connectivity index (χ4n) is 3.69. The first-order valence-electron chi connectivity index (χ1n) is 9.38. The number of thiocarbonyl (C=S) groups is 1. The van der Waals surface area contributed by atoms with Gasteiger partial charge < -0.3 is 9.64 Å². The predicted octanol–water partition coefficient (Wildman–Crippen LogP) is 5.21. The molecule has 1 aliphatic rings. The molecule has 2 amide bonds. The van der Waals surface area contributed by atoms with Crippen LogP contribution in [-0.2, 0) is 6.54 Å². The van der Waals surface area contributed by atoms with Crippen molar-refractivity contribution in [3.05, 3.63) is 65.6 Å². The molecule has 2 heterocycles. The van der Waals surface area contributed by atoms with Crippen molar-refractivity contribution in [3.8, 4) is 5.75 Å². The van der Waals surface area contributed by atoms with Crippen molar-refractivity contribution in [2.45, 2.75) is 25.9 Å². The molecule has 0 bridgehead atoms. The Kier molecular flexibility index (Phi) is 5.09. The number of methoxy groups -OCH3 is 1. The average molecular weight is 445 g/mol. The first-order valence-corrected chi connectivity index (χ1v) is 9.79. The van der Waals surface area contributed by atoms with Gasteiger partial charge in [0.1, 0.15) is 4.99 Å². The molecule has 0 atom stereocenters. The number of benzene rings is 2. The Morgan fingerprint density at radius 1 is 1.13 bits per heavy atom. The van der Waals surface area contributed by atoms with Gasteiger partial charge in [0.05, 0.1) is 23.9 Å². The van der Waals surface area contributed by atoms with E-state index >= 15 is 0 Å². The van der Waals surface area contributed by atoms with Gasteiger partial charge in [-0.1, -0.05) is 30.4 Å². The van der Waals surface area contributed by atoms with Crippen molar-refractivity contribution in [2.24, 2.45) is 0 Å². The van der Waals surface area contributed by atoms with E-state index in [0.29, 0.717) is 6.07 Å². The summed E-state index contributed by atoms with van der Waals surface area (Å²) in [5.41, 5.74) is -0.0461. The highest BCUT2D eigenvalue weighted by Gasteiger charge is 2.50. The number of rotatable bonds is 4. The van der Waals surface area contributed by atoms with Gasteiger partial charge in [-0.3, -0.25) is 9.88 Å². The molecular weight excluding hydrogens is 427 g/mol. The van der Waals surface area contributed by atoms with E-state index in [4.69, 9.17) is 12.2 Å². The summed E-state index contributed by atoms with van der Waals surface area (Å²) in [4.78, 5) is 19.9. The van der Waals surface area contributed by atoms with Crippen LogP contribution < -0.4 is 9.64 Å². The monoisotopic (exact) mass is 445 g/mol. The molecule has 1 fully saturated rings. The molecule has 0 unspecified atom stereocenters. The van der Waals surface area contributed by atoms with Crippen molar-refractivity contribution < 1.29 is 22.7 Å². The van der Waals surface area contributed by atoms with Crippen molar-refractivity contribution in [1.82, 2.24) is 9.88 Å². The fraction of sp³-hybridized carbons (Fsp3) is 0.227. The number of amides is 2. The van der Waals surface area contributed by atoms with E-state index in [2.05, 4.69) is 9.72 Å². The molecule has 0 N–H and O–H groups in total. The fourth-order valence-corrected chi connectivity index (χ4v) is 3.98. The Bertz CT molecular complexity index is 1230. The Labute approximate surface area is 182 Å². The molecular formula is C22H18F3N3O2S. The lowest BCUT2D eigenvalue weighted by Crippen LogP contribution is -2.43. The third kappa shape index (κ3) is 3.20. The second-order valence-electron chi connectivity index (χ2n) is 7.59. The highest BCUT2D eigenvalue weighted by Crippen LogP contribution is 2.39. The quantitative estimate of drug-likeness (QED) is 0.409. The minimum atomic E-state index is -1.52. The van der Waals surface area contributed by atoms with Gasteiger partial charge >= 0.3 is 6.03 Å². The Balaban J connectivity index is 1.78. The number of nitrogens with zero attached hydrogens (tertiary/aromatic N) is 3. The first kappa shape index (κ1) is 21.0. The minimum absolute atomic E-state index is 0.0266. The van der Waals surface area contributed by atoms with Crippen LogP contribution in [-0.4, -0.2) is 33.6 Å². The lowest BCUT2D eigenvalue weighted by atomic mass is 10.0. The van der Waals surface area contributed by atoms with Gasteiger partial charge in [0, 0.05) is 24.2 Å². The predicted molar refractivity (Wildman–Crippen MR) is 115 cm³/mol. The third-order valence-corrected chi connectivity index (χ3v) is 6.12. The molecule has 31 heavy (non-hydrogen) atoms. The Hall–Kier alpha value is -3.20. The Morgan fingerprint density at radius 2 is 1.84 bits per heavy atom. The number of urea groups is 1. The maximum Gasteiger partial charge on any atom is 0.330 e. The van der Waals surface area contributed by atoms with Crippen LogP contribution in [0.4, 0.5) is 23.7 Å². The van der Waals surface area contributed by atoms with Crippen LogP contribution in [0.5, 0.6) is 5.75 Å². The molecule has 5 nitrogen and oxygen atoms in total.